The molecule has 7 nitrogen and oxygen atoms in total. The molecule has 0 saturated carbocycles. The van der Waals surface area contributed by atoms with E-state index in [1.54, 1.807) is 13.0 Å². The number of anilines is 1. The molecule has 2 atom stereocenters. The number of benzene rings is 1. The molecular formula is C23H20Br2F3N5O2. The Labute approximate surface area is 215 Å². The average molecular weight is 615 g/mol. The van der Waals surface area contributed by atoms with Crippen molar-refractivity contribution in [2.75, 3.05) is 4.90 Å². The van der Waals surface area contributed by atoms with Gasteiger partial charge in [0, 0.05) is 24.2 Å². The summed E-state index contributed by atoms with van der Waals surface area (Å²) in [6.07, 6.45) is -3.81. The number of halogens is 5. The number of rotatable bonds is 4. The van der Waals surface area contributed by atoms with Gasteiger partial charge in [0.25, 0.3) is 0 Å². The summed E-state index contributed by atoms with van der Waals surface area (Å²) in [4.78, 5) is 26.5. The van der Waals surface area contributed by atoms with Crippen LogP contribution in [-0.2, 0) is 12.6 Å². The molecule has 1 amide bonds. The molecule has 0 bridgehead atoms. The highest BCUT2D eigenvalue weighted by atomic mass is 79.9. The van der Waals surface area contributed by atoms with Crippen LogP contribution in [0.1, 0.15) is 54.0 Å². The molecule has 12 heteroatoms. The second-order valence-corrected chi connectivity index (χ2v) is 9.92. The average Bonchev–Trinajstić information content (AvgIpc) is 2.79. The van der Waals surface area contributed by atoms with Crippen molar-refractivity contribution in [1.29, 1.82) is 0 Å². The minimum atomic E-state index is -4.60. The molecule has 1 aliphatic rings. The molecule has 2 aromatic heterocycles. The van der Waals surface area contributed by atoms with Crippen LogP contribution in [0.3, 0.4) is 0 Å². The number of nitrogens with zero attached hydrogens (tertiary/aromatic N) is 4. The van der Waals surface area contributed by atoms with Crippen molar-refractivity contribution in [3.63, 3.8) is 0 Å². The third kappa shape index (κ3) is 5.05. The Bertz CT molecular complexity index is 1290. The second-order valence-electron chi connectivity index (χ2n) is 8.25. The number of hydrogen-bond donors (Lipinski definition) is 2. The molecule has 184 valence electrons. The van der Waals surface area contributed by atoms with E-state index in [1.807, 2.05) is 12.1 Å². The van der Waals surface area contributed by atoms with Gasteiger partial charge in [-0.15, -0.1) is 0 Å². The Morgan fingerprint density at radius 2 is 2.00 bits per heavy atom. The lowest BCUT2D eigenvalue weighted by Crippen LogP contribution is -2.61. The van der Waals surface area contributed by atoms with E-state index in [2.05, 4.69) is 46.8 Å². The van der Waals surface area contributed by atoms with Gasteiger partial charge in [-0.2, -0.15) is 13.2 Å². The first kappa shape index (κ1) is 25.5. The number of fused-ring (bicyclic) bond motifs is 1. The normalized spacial score (nSPS) is 20.0. The Morgan fingerprint density at radius 3 is 2.63 bits per heavy atom. The van der Waals surface area contributed by atoms with Crippen molar-refractivity contribution in [2.45, 2.75) is 43.9 Å². The maximum absolute atomic E-state index is 13.6. The molecule has 35 heavy (non-hydrogen) atoms. The summed E-state index contributed by atoms with van der Waals surface area (Å²) in [6, 6.07) is 8.44. The molecule has 0 unspecified atom stereocenters. The Kier molecular flexibility index (Phi) is 6.91. The zero-order valence-electron chi connectivity index (χ0n) is 18.4. The fourth-order valence-corrected chi connectivity index (χ4v) is 4.98. The van der Waals surface area contributed by atoms with Gasteiger partial charge in [0.05, 0.1) is 21.4 Å². The minimum absolute atomic E-state index is 0.0142. The SMILES string of the molecule is CC[C@]1(N)C[C@H](c2ncc(Br)c(Cc3cccc(Br)n3)n2)c2cc(C(F)(F)F)ccc2N1C(=O)O. The maximum Gasteiger partial charge on any atom is 0.416 e. The van der Waals surface area contributed by atoms with Gasteiger partial charge < -0.3 is 10.8 Å². The molecule has 0 spiro atoms. The summed E-state index contributed by atoms with van der Waals surface area (Å²) in [5, 5.41) is 9.88. The Morgan fingerprint density at radius 1 is 1.26 bits per heavy atom. The largest absolute Gasteiger partial charge is 0.465 e. The summed E-state index contributed by atoms with van der Waals surface area (Å²) in [5.41, 5.74) is 5.85. The molecule has 0 radical (unpaired) electrons. The first-order valence-electron chi connectivity index (χ1n) is 10.6. The van der Waals surface area contributed by atoms with E-state index in [-0.39, 0.29) is 29.9 Å². The molecule has 3 N–H and O–H groups in total. The number of nitrogens with two attached hydrogens (primary N) is 1. The van der Waals surface area contributed by atoms with E-state index in [1.165, 1.54) is 6.20 Å². The van der Waals surface area contributed by atoms with Crippen molar-refractivity contribution >= 4 is 43.6 Å². The zero-order valence-corrected chi connectivity index (χ0v) is 21.5. The summed E-state index contributed by atoms with van der Waals surface area (Å²) in [7, 11) is 0. The smallest absolute Gasteiger partial charge is 0.416 e. The fourth-order valence-electron chi connectivity index (χ4n) is 4.26. The van der Waals surface area contributed by atoms with Gasteiger partial charge >= 0.3 is 12.3 Å². The highest BCUT2D eigenvalue weighted by Gasteiger charge is 2.46. The van der Waals surface area contributed by atoms with Crippen LogP contribution in [0.4, 0.5) is 23.7 Å². The van der Waals surface area contributed by atoms with E-state index in [4.69, 9.17) is 5.73 Å². The maximum atomic E-state index is 13.6. The van der Waals surface area contributed by atoms with Crippen LogP contribution in [0.5, 0.6) is 0 Å². The lowest BCUT2D eigenvalue weighted by molar-refractivity contribution is -0.137. The van der Waals surface area contributed by atoms with Crippen LogP contribution in [-0.4, -0.2) is 31.8 Å². The van der Waals surface area contributed by atoms with Gasteiger partial charge in [-0.3, -0.25) is 4.90 Å². The van der Waals surface area contributed by atoms with Crippen LogP contribution >= 0.6 is 31.9 Å². The third-order valence-corrected chi connectivity index (χ3v) is 7.15. The molecular weight excluding hydrogens is 595 g/mol. The Hall–Kier alpha value is -2.57. The van der Waals surface area contributed by atoms with E-state index < -0.39 is 29.4 Å². The number of alkyl halides is 3. The molecule has 3 aromatic rings. The molecule has 3 heterocycles. The van der Waals surface area contributed by atoms with Crippen molar-refractivity contribution in [1.82, 2.24) is 15.0 Å². The Balaban J connectivity index is 1.86. The van der Waals surface area contributed by atoms with Crippen LogP contribution in [0.15, 0.2) is 51.7 Å². The van der Waals surface area contributed by atoms with E-state index in [9.17, 15) is 23.1 Å². The lowest BCUT2D eigenvalue weighted by atomic mass is 9.80. The topological polar surface area (TPSA) is 105 Å². The highest BCUT2D eigenvalue weighted by Crippen LogP contribution is 2.47. The number of pyridine rings is 1. The van der Waals surface area contributed by atoms with Crippen molar-refractivity contribution in [2.24, 2.45) is 5.73 Å². The number of aromatic nitrogens is 3. The van der Waals surface area contributed by atoms with Gasteiger partial charge in [0.2, 0.25) is 0 Å². The van der Waals surface area contributed by atoms with Gasteiger partial charge in [-0.1, -0.05) is 13.0 Å². The van der Waals surface area contributed by atoms with Gasteiger partial charge in [-0.25, -0.2) is 19.7 Å². The predicted octanol–water partition coefficient (Wildman–Crippen LogP) is 6.09. The van der Waals surface area contributed by atoms with Crippen molar-refractivity contribution < 1.29 is 23.1 Å². The van der Waals surface area contributed by atoms with Crippen LogP contribution in [0.25, 0.3) is 0 Å². The minimum Gasteiger partial charge on any atom is -0.465 e. The molecule has 1 aliphatic heterocycles. The summed E-state index contributed by atoms with van der Waals surface area (Å²) >= 11 is 6.78. The fraction of sp³-hybridized carbons (Fsp3) is 0.304. The first-order valence-corrected chi connectivity index (χ1v) is 12.2. The van der Waals surface area contributed by atoms with E-state index in [0.29, 0.717) is 21.2 Å². The number of hydrogen-bond acceptors (Lipinski definition) is 5. The van der Waals surface area contributed by atoms with Crippen LogP contribution in [0.2, 0.25) is 0 Å². The quantitative estimate of drug-likeness (QED) is 0.345. The number of carbonyl (C=O) groups is 1. The number of carboxylic acid groups (broad SMARTS) is 1. The monoisotopic (exact) mass is 613 g/mol. The van der Waals surface area contributed by atoms with E-state index in [0.717, 1.165) is 28.8 Å². The lowest BCUT2D eigenvalue weighted by Gasteiger charge is -2.46. The molecule has 1 aromatic carbocycles. The van der Waals surface area contributed by atoms with Gasteiger partial charge in [-0.05, 0) is 80.6 Å². The number of amides is 1. The van der Waals surface area contributed by atoms with E-state index >= 15 is 0 Å². The van der Waals surface area contributed by atoms with Crippen molar-refractivity contribution in [3.8, 4) is 0 Å². The molecule has 0 saturated heterocycles. The predicted molar refractivity (Wildman–Crippen MR) is 130 cm³/mol. The standard InChI is InChI=1S/C23H20Br2F3N5O2/c1-2-22(29)10-15(14-8-12(23(26,27)28)6-7-18(14)33(22)21(34)35)20-30-11-16(24)17(32-20)9-13-4-3-5-19(25)31-13/h3-8,11,15H,2,9-10,29H2,1H3,(H,34,35)/t15-,22+/m0/s1. The first-order chi connectivity index (χ1) is 16.4. The summed E-state index contributed by atoms with van der Waals surface area (Å²) in [5.74, 6) is -0.498. The molecule has 4 rings (SSSR count). The van der Waals surface area contributed by atoms with Gasteiger partial charge in [0.1, 0.15) is 16.1 Å². The summed E-state index contributed by atoms with van der Waals surface area (Å²) in [6.45, 7) is 1.73. The van der Waals surface area contributed by atoms with Gasteiger partial charge in [0.15, 0.2) is 0 Å². The summed E-state index contributed by atoms with van der Waals surface area (Å²) < 4.78 is 41.9. The highest BCUT2D eigenvalue weighted by molar-refractivity contribution is 9.10. The zero-order chi connectivity index (χ0) is 25.5. The molecule has 0 fully saturated rings. The van der Waals surface area contributed by atoms with Crippen LogP contribution in [0, 0.1) is 0 Å². The molecule has 0 aliphatic carbocycles. The van der Waals surface area contributed by atoms with Crippen molar-refractivity contribution in [3.05, 3.63) is 80.0 Å². The third-order valence-electron chi connectivity index (χ3n) is 6.05. The van der Waals surface area contributed by atoms with Crippen LogP contribution < -0.4 is 10.6 Å². The second kappa shape index (κ2) is 9.47.